The van der Waals surface area contributed by atoms with Gasteiger partial charge in [0.15, 0.2) is 0 Å². The fourth-order valence-electron chi connectivity index (χ4n) is 6.05. The number of amides is 2. The van der Waals surface area contributed by atoms with Gasteiger partial charge < -0.3 is 19.6 Å². The van der Waals surface area contributed by atoms with Crippen LogP contribution in [0.1, 0.15) is 41.6 Å². The lowest BCUT2D eigenvalue weighted by atomic mass is 9.85. The van der Waals surface area contributed by atoms with Crippen LogP contribution >= 0.6 is 0 Å². The second-order valence-electron chi connectivity index (χ2n) is 10.4. The number of rotatable bonds is 6. The lowest BCUT2D eigenvalue weighted by Gasteiger charge is -2.43. The van der Waals surface area contributed by atoms with E-state index in [1.807, 2.05) is 29.2 Å². The summed E-state index contributed by atoms with van der Waals surface area (Å²) in [4.78, 5) is 35.6. The van der Waals surface area contributed by atoms with Crippen LogP contribution in [0, 0.1) is 5.92 Å². The van der Waals surface area contributed by atoms with Crippen molar-refractivity contribution in [1.82, 2.24) is 14.7 Å². The number of anilines is 1. The first-order valence-corrected chi connectivity index (χ1v) is 12.9. The number of hydrogen-bond donors (Lipinski definition) is 0. The summed E-state index contributed by atoms with van der Waals surface area (Å²) in [5.74, 6) is 1.18. The predicted molar refractivity (Wildman–Crippen MR) is 133 cm³/mol. The first-order valence-electron chi connectivity index (χ1n) is 12.9. The minimum atomic E-state index is -0.424. The standard InChI is InChI=1S/C28H34N4O2/c33-26-25-9-5-4-6-23(25)12-15-30(26)19-18-29-16-13-28(14-17-29)27(34)31(20-22-10-11-22)21-32(28)24-7-2-1-3-8-24/h1-9,22H,10-21H2. The van der Waals surface area contributed by atoms with Crippen LogP contribution in [0.3, 0.4) is 0 Å². The van der Waals surface area contributed by atoms with E-state index in [1.54, 1.807) is 0 Å². The van der Waals surface area contributed by atoms with E-state index >= 15 is 0 Å². The molecule has 0 N–H and O–H groups in total. The summed E-state index contributed by atoms with van der Waals surface area (Å²) in [6.07, 6.45) is 5.14. The molecule has 1 spiro atoms. The average molecular weight is 459 g/mol. The Bertz CT molecular complexity index is 1060. The highest BCUT2D eigenvalue weighted by molar-refractivity contribution is 5.96. The highest BCUT2D eigenvalue weighted by atomic mass is 16.2. The molecule has 6 rings (SSSR count). The van der Waals surface area contributed by atoms with E-state index in [1.165, 1.54) is 18.4 Å². The monoisotopic (exact) mass is 458 g/mol. The van der Waals surface area contributed by atoms with Crippen molar-refractivity contribution in [2.75, 3.05) is 50.8 Å². The molecule has 2 aromatic rings. The molecule has 4 aliphatic rings. The fourth-order valence-corrected chi connectivity index (χ4v) is 6.05. The zero-order valence-corrected chi connectivity index (χ0v) is 19.9. The van der Waals surface area contributed by atoms with Crippen LogP contribution in [0.15, 0.2) is 54.6 Å². The van der Waals surface area contributed by atoms with Gasteiger partial charge in [0.2, 0.25) is 5.91 Å². The van der Waals surface area contributed by atoms with Crippen LogP contribution in [-0.4, -0.2) is 78.0 Å². The quantitative estimate of drug-likeness (QED) is 0.667. The smallest absolute Gasteiger partial charge is 0.254 e. The third kappa shape index (κ3) is 3.88. The van der Waals surface area contributed by atoms with Crippen LogP contribution in [-0.2, 0) is 11.2 Å². The summed E-state index contributed by atoms with van der Waals surface area (Å²) in [5.41, 5.74) is 2.75. The fraction of sp³-hybridized carbons (Fsp3) is 0.500. The predicted octanol–water partition coefficient (Wildman–Crippen LogP) is 3.24. The lowest BCUT2D eigenvalue weighted by molar-refractivity contribution is -0.133. The Hall–Kier alpha value is -2.86. The van der Waals surface area contributed by atoms with E-state index in [2.05, 4.69) is 45.0 Å². The topological polar surface area (TPSA) is 47.1 Å². The molecule has 0 atom stereocenters. The molecule has 0 unspecified atom stereocenters. The van der Waals surface area contributed by atoms with Gasteiger partial charge in [-0.15, -0.1) is 0 Å². The minimum Gasteiger partial charge on any atom is -0.339 e. The van der Waals surface area contributed by atoms with Gasteiger partial charge in [0, 0.05) is 50.5 Å². The molecule has 6 nitrogen and oxygen atoms in total. The molecule has 6 heteroatoms. The Morgan fingerprint density at radius 3 is 2.32 bits per heavy atom. The van der Waals surface area contributed by atoms with Crippen molar-refractivity contribution in [3.63, 3.8) is 0 Å². The maximum Gasteiger partial charge on any atom is 0.254 e. The summed E-state index contributed by atoms with van der Waals surface area (Å²) in [7, 11) is 0. The van der Waals surface area contributed by atoms with Gasteiger partial charge in [-0.2, -0.15) is 0 Å². The molecule has 0 bridgehead atoms. The van der Waals surface area contributed by atoms with E-state index < -0.39 is 5.54 Å². The molecule has 2 aromatic carbocycles. The number of nitrogens with zero attached hydrogens (tertiary/aromatic N) is 4. The largest absolute Gasteiger partial charge is 0.339 e. The van der Waals surface area contributed by atoms with Gasteiger partial charge in [-0.25, -0.2) is 0 Å². The number of hydrogen-bond acceptors (Lipinski definition) is 4. The molecule has 34 heavy (non-hydrogen) atoms. The van der Waals surface area contributed by atoms with Crippen LogP contribution in [0.4, 0.5) is 5.69 Å². The molecule has 1 aliphatic carbocycles. The molecular formula is C28H34N4O2. The Kier molecular flexibility index (Phi) is 5.56. The van der Waals surface area contributed by atoms with Gasteiger partial charge in [-0.1, -0.05) is 36.4 Å². The third-order valence-corrected chi connectivity index (χ3v) is 8.31. The number of piperidine rings is 1. The molecule has 2 saturated heterocycles. The number of para-hydroxylation sites is 1. The molecule has 3 heterocycles. The molecule has 3 aliphatic heterocycles. The van der Waals surface area contributed by atoms with Crippen LogP contribution in [0.25, 0.3) is 0 Å². The molecule has 3 fully saturated rings. The molecule has 1 saturated carbocycles. The number of likely N-dealkylation sites (tertiary alicyclic amines) is 1. The molecule has 2 amide bonds. The zero-order chi connectivity index (χ0) is 23.1. The van der Waals surface area contributed by atoms with Crippen molar-refractivity contribution in [2.24, 2.45) is 5.92 Å². The summed E-state index contributed by atoms with van der Waals surface area (Å²) in [6.45, 7) is 5.83. The van der Waals surface area contributed by atoms with Crippen LogP contribution in [0.2, 0.25) is 0 Å². The Balaban J connectivity index is 1.11. The maximum atomic E-state index is 13.7. The summed E-state index contributed by atoms with van der Waals surface area (Å²) >= 11 is 0. The number of carbonyl (C=O) groups excluding carboxylic acids is 2. The van der Waals surface area contributed by atoms with Crippen LogP contribution < -0.4 is 4.90 Å². The Morgan fingerprint density at radius 1 is 0.824 bits per heavy atom. The van der Waals surface area contributed by atoms with Gasteiger partial charge in [0.05, 0.1) is 6.67 Å². The summed E-state index contributed by atoms with van der Waals surface area (Å²) in [6, 6.07) is 18.4. The van der Waals surface area contributed by atoms with Gasteiger partial charge in [-0.05, 0) is 61.8 Å². The van der Waals surface area contributed by atoms with Crippen molar-refractivity contribution in [1.29, 1.82) is 0 Å². The molecule has 0 aromatic heterocycles. The highest BCUT2D eigenvalue weighted by Gasteiger charge is 2.54. The molecular weight excluding hydrogens is 424 g/mol. The maximum absolute atomic E-state index is 13.7. The summed E-state index contributed by atoms with van der Waals surface area (Å²) in [5, 5.41) is 0. The van der Waals surface area contributed by atoms with Gasteiger partial charge >= 0.3 is 0 Å². The van der Waals surface area contributed by atoms with E-state index in [-0.39, 0.29) is 5.91 Å². The molecule has 178 valence electrons. The Labute approximate surface area is 202 Å². The van der Waals surface area contributed by atoms with Gasteiger partial charge in [-0.3, -0.25) is 9.59 Å². The number of fused-ring (bicyclic) bond motifs is 1. The first-order chi connectivity index (χ1) is 16.6. The molecule has 0 radical (unpaired) electrons. The van der Waals surface area contributed by atoms with E-state index in [9.17, 15) is 9.59 Å². The average Bonchev–Trinajstić information content (AvgIpc) is 3.67. The van der Waals surface area contributed by atoms with Crippen molar-refractivity contribution in [3.05, 3.63) is 65.7 Å². The number of carbonyl (C=O) groups is 2. The van der Waals surface area contributed by atoms with Gasteiger partial charge in [0.1, 0.15) is 5.54 Å². The summed E-state index contributed by atoms with van der Waals surface area (Å²) < 4.78 is 0. The van der Waals surface area contributed by atoms with E-state index in [0.29, 0.717) is 18.5 Å². The second kappa shape index (κ2) is 8.73. The zero-order valence-electron chi connectivity index (χ0n) is 19.9. The van der Waals surface area contributed by atoms with Crippen LogP contribution in [0.5, 0.6) is 0 Å². The normalized spacial score (nSPS) is 22.5. The van der Waals surface area contributed by atoms with E-state index in [4.69, 9.17) is 0 Å². The van der Waals surface area contributed by atoms with Crippen molar-refractivity contribution in [2.45, 2.75) is 37.6 Å². The van der Waals surface area contributed by atoms with Crippen molar-refractivity contribution < 1.29 is 9.59 Å². The van der Waals surface area contributed by atoms with Crippen molar-refractivity contribution >= 4 is 17.5 Å². The third-order valence-electron chi connectivity index (χ3n) is 8.31. The number of benzene rings is 2. The van der Waals surface area contributed by atoms with Gasteiger partial charge in [0.25, 0.3) is 5.91 Å². The second-order valence-corrected chi connectivity index (χ2v) is 10.4. The lowest BCUT2D eigenvalue weighted by Crippen LogP contribution is -2.57. The Morgan fingerprint density at radius 2 is 1.56 bits per heavy atom. The SMILES string of the molecule is O=C1c2ccccc2CCN1CCN1CCC2(CC1)C(=O)N(CC1CC1)CN2c1ccccc1. The highest BCUT2D eigenvalue weighted by Crippen LogP contribution is 2.41. The van der Waals surface area contributed by atoms with Crippen molar-refractivity contribution in [3.8, 4) is 0 Å². The minimum absolute atomic E-state index is 0.160. The van der Waals surface area contributed by atoms with E-state index in [0.717, 1.165) is 69.8 Å². The first kappa shape index (κ1) is 21.7.